The molecule has 1 aromatic rings. The van der Waals surface area contributed by atoms with E-state index >= 15 is 0 Å². The smallest absolute Gasteiger partial charge is 0.132 e. The van der Waals surface area contributed by atoms with Crippen LogP contribution in [0.5, 0.6) is 0 Å². The number of aryl methyl sites for hydroxylation is 1. The molecule has 2 rings (SSSR count). The molecule has 1 N–H and O–H groups in total. The van der Waals surface area contributed by atoms with Gasteiger partial charge >= 0.3 is 0 Å². The highest BCUT2D eigenvalue weighted by molar-refractivity contribution is 5.39. The molecule has 6 nitrogen and oxygen atoms in total. The first-order valence-corrected chi connectivity index (χ1v) is 6.58. The van der Waals surface area contributed by atoms with Gasteiger partial charge in [0.1, 0.15) is 17.7 Å². The molecular weight excluding hydrogens is 244 g/mol. The number of hydrogen-bond acceptors (Lipinski definition) is 6. The highest BCUT2D eigenvalue weighted by Gasteiger charge is 2.22. The molecule has 2 heterocycles. The number of aromatic nitrogens is 2. The number of ether oxygens (including phenoxy) is 1. The fourth-order valence-corrected chi connectivity index (χ4v) is 2.16. The number of rotatable bonds is 4. The van der Waals surface area contributed by atoms with E-state index in [2.05, 4.69) is 21.9 Å². The third kappa shape index (κ3) is 3.62. The molecular formula is C13H22N4O2. The van der Waals surface area contributed by atoms with E-state index in [4.69, 9.17) is 9.84 Å². The van der Waals surface area contributed by atoms with Crippen LogP contribution in [0.2, 0.25) is 0 Å². The van der Waals surface area contributed by atoms with Gasteiger partial charge in [-0.2, -0.15) is 0 Å². The van der Waals surface area contributed by atoms with Crippen LogP contribution in [0.1, 0.15) is 17.6 Å². The minimum atomic E-state index is 0.00160. The number of aliphatic hydroxyl groups excluding tert-OH is 1. The van der Waals surface area contributed by atoms with Crippen molar-refractivity contribution in [2.24, 2.45) is 0 Å². The first-order chi connectivity index (χ1) is 9.10. The van der Waals surface area contributed by atoms with E-state index in [0.29, 0.717) is 6.54 Å². The van der Waals surface area contributed by atoms with Gasteiger partial charge in [-0.05, 0) is 14.0 Å². The summed E-state index contributed by atoms with van der Waals surface area (Å²) in [6.45, 7) is 5.08. The SMILES string of the molecule is Cc1nc(C2CN(C)CCO2)cc(N(C)CCO)n1. The molecule has 106 valence electrons. The third-order valence-corrected chi connectivity index (χ3v) is 3.27. The maximum atomic E-state index is 9.00. The lowest BCUT2D eigenvalue weighted by atomic mass is 10.2. The quantitative estimate of drug-likeness (QED) is 0.841. The minimum absolute atomic E-state index is 0.00160. The number of aliphatic hydroxyl groups is 1. The molecule has 0 bridgehead atoms. The van der Waals surface area contributed by atoms with Crippen molar-refractivity contribution in [1.29, 1.82) is 0 Å². The summed E-state index contributed by atoms with van der Waals surface area (Å²) in [5, 5.41) is 9.00. The molecule has 1 saturated heterocycles. The molecule has 0 aliphatic carbocycles. The van der Waals surface area contributed by atoms with Crippen LogP contribution in [0.25, 0.3) is 0 Å². The average molecular weight is 266 g/mol. The summed E-state index contributed by atoms with van der Waals surface area (Å²) in [7, 11) is 4.00. The topological polar surface area (TPSA) is 61.7 Å². The van der Waals surface area contributed by atoms with Crippen LogP contribution >= 0.6 is 0 Å². The normalized spacial score (nSPS) is 20.5. The minimum Gasteiger partial charge on any atom is -0.395 e. The molecule has 0 aromatic carbocycles. The van der Waals surface area contributed by atoms with Crippen molar-refractivity contribution in [3.05, 3.63) is 17.6 Å². The van der Waals surface area contributed by atoms with Crippen molar-refractivity contribution >= 4 is 5.82 Å². The fraction of sp³-hybridized carbons (Fsp3) is 0.692. The van der Waals surface area contributed by atoms with Crippen LogP contribution in [0.4, 0.5) is 5.82 Å². The number of nitrogens with zero attached hydrogens (tertiary/aromatic N) is 4. The van der Waals surface area contributed by atoms with Crippen LogP contribution in [-0.2, 0) is 4.74 Å². The maximum absolute atomic E-state index is 9.00. The molecule has 1 unspecified atom stereocenters. The Balaban J connectivity index is 2.20. The molecule has 0 amide bonds. The van der Waals surface area contributed by atoms with Gasteiger partial charge < -0.3 is 19.6 Å². The summed E-state index contributed by atoms with van der Waals surface area (Å²) >= 11 is 0. The maximum Gasteiger partial charge on any atom is 0.132 e. The Kier molecular flexibility index (Phi) is 4.68. The molecule has 1 atom stereocenters. The summed E-state index contributed by atoms with van der Waals surface area (Å²) in [4.78, 5) is 13.0. The zero-order valence-corrected chi connectivity index (χ0v) is 11.8. The summed E-state index contributed by atoms with van der Waals surface area (Å²) in [6, 6.07) is 1.95. The van der Waals surface area contributed by atoms with Gasteiger partial charge in [-0.25, -0.2) is 9.97 Å². The van der Waals surface area contributed by atoms with Gasteiger partial charge in [0.05, 0.1) is 18.9 Å². The first kappa shape index (κ1) is 14.2. The molecule has 1 aliphatic heterocycles. The van der Waals surface area contributed by atoms with Gasteiger partial charge in [0.25, 0.3) is 0 Å². The third-order valence-electron chi connectivity index (χ3n) is 3.27. The second-order valence-electron chi connectivity index (χ2n) is 4.97. The largest absolute Gasteiger partial charge is 0.395 e. The molecule has 19 heavy (non-hydrogen) atoms. The summed E-state index contributed by atoms with van der Waals surface area (Å²) in [6.07, 6.45) is 0.00160. The molecule has 1 fully saturated rings. The number of likely N-dealkylation sites (N-methyl/N-ethyl adjacent to an activating group) is 2. The molecule has 1 aliphatic rings. The van der Waals surface area contributed by atoms with Crippen LogP contribution in [0.15, 0.2) is 6.07 Å². The van der Waals surface area contributed by atoms with Crippen LogP contribution in [-0.4, -0.2) is 66.9 Å². The highest BCUT2D eigenvalue weighted by atomic mass is 16.5. The van der Waals surface area contributed by atoms with Crippen molar-refractivity contribution in [2.75, 3.05) is 51.8 Å². The van der Waals surface area contributed by atoms with Crippen molar-refractivity contribution < 1.29 is 9.84 Å². The van der Waals surface area contributed by atoms with E-state index in [1.165, 1.54) is 0 Å². The Morgan fingerprint density at radius 1 is 1.53 bits per heavy atom. The summed E-state index contributed by atoms with van der Waals surface area (Å²) in [5.41, 5.74) is 0.916. The molecule has 6 heteroatoms. The molecule has 1 aromatic heterocycles. The van der Waals surface area contributed by atoms with Crippen molar-refractivity contribution in [1.82, 2.24) is 14.9 Å². The monoisotopic (exact) mass is 266 g/mol. The number of hydrogen-bond donors (Lipinski definition) is 1. The Morgan fingerprint density at radius 2 is 2.32 bits per heavy atom. The van der Waals surface area contributed by atoms with E-state index < -0.39 is 0 Å². The predicted molar refractivity (Wildman–Crippen MR) is 73.3 cm³/mol. The average Bonchev–Trinajstić information content (AvgIpc) is 2.38. The van der Waals surface area contributed by atoms with Crippen LogP contribution < -0.4 is 4.90 Å². The van der Waals surface area contributed by atoms with Gasteiger partial charge in [-0.15, -0.1) is 0 Å². The van der Waals surface area contributed by atoms with E-state index in [0.717, 1.165) is 37.0 Å². The standard InChI is InChI=1S/C13H22N4O2/c1-10-14-11(12-9-16(2)5-7-19-12)8-13(15-10)17(3)4-6-18/h8,12,18H,4-7,9H2,1-3H3. The second kappa shape index (κ2) is 6.27. The number of morpholine rings is 1. The zero-order valence-electron chi connectivity index (χ0n) is 11.8. The van der Waals surface area contributed by atoms with Crippen molar-refractivity contribution in [3.63, 3.8) is 0 Å². The van der Waals surface area contributed by atoms with E-state index in [9.17, 15) is 0 Å². The lowest BCUT2D eigenvalue weighted by molar-refractivity contribution is -0.0232. The Hall–Kier alpha value is -1.24. The van der Waals surface area contributed by atoms with Gasteiger partial charge in [-0.1, -0.05) is 0 Å². The molecule has 0 saturated carbocycles. The van der Waals surface area contributed by atoms with Gasteiger partial charge in [0.2, 0.25) is 0 Å². The highest BCUT2D eigenvalue weighted by Crippen LogP contribution is 2.22. The molecule has 0 radical (unpaired) electrons. The van der Waals surface area contributed by atoms with Gasteiger partial charge in [0.15, 0.2) is 0 Å². The number of anilines is 1. The summed E-state index contributed by atoms with van der Waals surface area (Å²) < 4.78 is 5.78. The van der Waals surface area contributed by atoms with Gasteiger partial charge in [0, 0.05) is 32.7 Å². The Labute approximate surface area is 114 Å². The lowest BCUT2D eigenvalue weighted by Gasteiger charge is -2.30. The van der Waals surface area contributed by atoms with Crippen LogP contribution in [0, 0.1) is 6.92 Å². The van der Waals surface area contributed by atoms with Gasteiger partial charge in [-0.3, -0.25) is 0 Å². The first-order valence-electron chi connectivity index (χ1n) is 6.58. The predicted octanol–water partition coefficient (Wildman–Crippen LogP) is 0.217. The Bertz CT molecular complexity index is 427. The Morgan fingerprint density at radius 3 is 3.00 bits per heavy atom. The van der Waals surface area contributed by atoms with Crippen LogP contribution in [0.3, 0.4) is 0 Å². The van der Waals surface area contributed by atoms with Crippen molar-refractivity contribution in [3.8, 4) is 0 Å². The van der Waals surface area contributed by atoms with E-state index in [1.807, 2.05) is 24.9 Å². The molecule has 0 spiro atoms. The van der Waals surface area contributed by atoms with E-state index in [1.54, 1.807) is 0 Å². The summed E-state index contributed by atoms with van der Waals surface area (Å²) in [5.74, 6) is 1.56. The second-order valence-corrected chi connectivity index (χ2v) is 4.97. The van der Waals surface area contributed by atoms with Crippen molar-refractivity contribution in [2.45, 2.75) is 13.0 Å². The zero-order chi connectivity index (χ0) is 13.8. The lowest BCUT2D eigenvalue weighted by Crippen LogP contribution is -2.36. The fourth-order valence-electron chi connectivity index (χ4n) is 2.16. The van der Waals surface area contributed by atoms with E-state index in [-0.39, 0.29) is 12.7 Å².